The molecule has 0 spiro atoms. The van der Waals surface area contributed by atoms with Crippen LogP contribution >= 0.6 is 15.9 Å². The number of aryl methyl sites for hydroxylation is 1. The molecule has 0 aliphatic heterocycles. The standard InChI is InChI=1S/C15H14BrN3O/c1-3-20-13-5-4-12-15(18-13)19-14(17-12)10-6-9(2)7-11(16)8-10/h4-8H,3H2,1-2H3,(H,17,18,19). The Balaban J connectivity index is 2.08. The van der Waals surface area contributed by atoms with Gasteiger partial charge in [-0.05, 0) is 43.7 Å². The molecule has 1 N–H and O–H groups in total. The van der Waals surface area contributed by atoms with E-state index < -0.39 is 0 Å². The molecule has 0 saturated carbocycles. The highest BCUT2D eigenvalue weighted by molar-refractivity contribution is 9.10. The van der Waals surface area contributed by atoms with E-state index in [1.807, 2.05) is 25.1 Å². The molecule has 1 aromatic carbocycles. The van der Waals surface area contributed by atoms with Crippen molar-refractivity contribution in [1.82, 2.24) is 15.0 Å². The number of aromatic amines is 1. The van der Waals surface area contributed by atoms with Crippen LogP contribution in [0.15, 0.2) is 34.8 Å². The first kappa shape index (κ1) is 13.1. The Hall–Kier alpha value is -1.88. The van der Waals surface area contributed by atoms with Crippen LogP contribution in [0.5, 0.6) is 5.88 Å². The van der Waals surface area contributed by atoms with E-state index in [-0.39, 0.29) is 0 Å². The van der Waals surface area contributed by atoms with Gasteiger partial charge >= 0.3 is 0 Å². The predicted molar refractivity (Wildman–Crippen MR) is 82.9 cm³/mol. The number of ether oxygens (including phenoxy) is 1. The average Bonchev–Trinajstić information content (AvgIpc) is 2.81. The highest BCUT2D eigenvalue weighted by Crippen LogP contribution is 2.25. The second-order valence-electron chi connectivity index (χ2n) is 4.56. The summed E-state index contributed by atoms with van der Waals surface area (Å²) in [4.78, 5) is 12.2. The second-order valence-corrected chi connectivity index (χ2v) is 5.47. The van der Waals surface area contributed by atoms with Gasteiger partial charge in [0.2, 0.25) is 5.88 Å². The maximum absolute atomic E-state index is 5.39. The molecular weight excluding hydrogens is 318 g/mol. The van der Waals surface area contributed by atoms with Gasteiger partial charge < -0.3 is 9.72 Å². The molecule has 20 heavy (non-hydrogen) atoms. The predicted octanol–water partition coefficient (Wildman–Crippen LogP) is 4.09. The van der Waals surface area contributed by atoms with Crippen molar-refractivity contribution in [2.75, 3.05) is 6.61 Å². The van der Waals surface area contributed by atoms with E-state index in [2.05, 4.69) is 49.9 Å². The minimum absolute atomic E-state index is 0.598. The van der Waals surface area contributed by atoms with Crippen LogP contribution in [0.2, 0.25) is 0 Å². The molecule has 0 bridgehead atoms. The van der Waals surface area contributed by atoms with E-state index in [9.17, 15) is 0 Å². The van der Waals surface area contributed by atoms with Crippen molar-refractivity contribution in [2.24, 2.45) is 0 Å². The van der Waals surface area contributed by atoms with E-state index in [1.165, 1.54) is 5.56 Å². The van der Waals surface area contributed by atoms with Crippen molar-refractivity contribution >= 4 is 27.1 Å². The lowest BCUT2D eigenvalue weighted by atomic mass is 10.1. The van der Waals surface area contributed by atoms with Crippen molar-refractivity contribution in [3.63, 3.8) is 0 Å². The van der Waals surface area contributed by atoms with Gasteiger partial charge in [-0.3, -0.25) is 0 Å². The third kappa shape index (κ3) is 2.54. The quantitative estimate of drug-likeness (QED) is 0.786. The van der Waals surface area contributed by atoms with E-state index in [0.717, 1.165) is 21.4 Å². The first-order valence-electron chi connectivity index (χ1n) is 6.43. The molecule has 0 radical (unpaired) electrons. The number of benzene rings is 1. The molecule has 2 aromatic heterocycles. The second kappa shape index (κ2) is 5.25. The van der Waals surface area contributed by atoms with Crippen molar-refractivity contribution < 1.29 is 4.74 Å². The molecule has 0 aliphatic rings. The number of halogens is 1. The zero-order valence-electron chi connectivity index (χ0n) is 11.3. The van der Waals surface area contributed by atoms with Crippen molar-refractivity contribution in [1.29, 1.82) is 0 Å². The Bertz CT molecular complexity index is 747. The number of rotatable bonds is 3. The van der Waals surface area contributed by atoms with E-state index >= 15 is 0 Å². The number of aromatic nitrogens is 3. The smallest absolute Gasteiger partial charge is 0.215 e. The zero-order chi connectivity index (χ0) is 14.1. The largest absolute Gasteiger partial charge is 0.478 e. The zero-order valence-corrected chi connectivity index (χ0v) is 12.9. The third-order valence-corrected chi connectivity index (χ3v) is 3.39. The third-order valence-electron chi connectivity index (χ3n) is 2.93. The van der Waals surface area contributed by atoms with Crippen LogP contribution in [-0.4, -0.2) is 21.6 Å². The minimum Gasteiger partial charge on any atom is -0.478 e. The summed E-state index contributed by atoms with van der Waals surface area (Å²) >= 11 is 3.51. The summed E-state index contributed by atoms with van der Waals surface area (Å²) in [6.45, 7) is 4.59. The van der Waals surface area contributed by atoms with Crippen molar-refractivity contribution in [3.05, 3.63) is 40.4 Å². The van der Waals surface area contributed by atoms with Crippen molar-refractivity contribution in [2.45, 2.75) is 13.8 Å². The van der Waals surface area contributed by atoms with Crippen LogP contribution in [0.4, 0.5) is 0 Å². The molecule has 5 heteroatoms. The van der Waals surface area contributed by atoms with Gasteiger partial charge in [0.1, 0.15) is 5.82 Å². The van der Waals surface area contributed by atoms with Gasteiger partial charge in [-0.25, -0.2) is 4.98 Å². The number of hydrogen-bond acceptors (Lipinski definition) is 3. The fraction of sp³-hybridized carbons (Fsp3) is 0.200. The summed E-state index contributed by atoms with van der Waals surface area (Å²) in [7, 11) is 0. The number of nitrogens with zero attached hydrogens (tertiary/aromatic N) is 2. The van der Waals surface area contributed by atoms with Crippen LogP contribution in [0.25, 0.3) is 22.6 Å². The molecule has 0 aliphatic carbocycles. The van der Waals surface area contributed by atoms with Crippen LogP contribution in [-0.2, 0) is 0 Å². The van der Waals surface area contributed by atoms with Crippen LogP contribution in [0.1, 0.15) is 12.5 Å². The summed E-state index contributed by atoms with van der Waals surface area (Å²) in [6.07, 6.45) is 0. The summed E-state index contributed by atoms with van der Waals surface area (Å²) in [5.41, 5.74) is 3.79. The Morgan fingerprint density at radius 3 is 2.80 bits per heavy atom. The van der Waals surface area contributed by atoms with Crippen LogP contribution in [0, 0.1) is 6.92 Å². The summed E-state index contributed by atoms with van der Waals surface area (Å²) in [5.74, 6) is 1.41. The van der Waals surface area contributed by atoms with Gasteiger partial charge in [-0.1, -0.05) is 15.9 Å². The normalized spacial score (nSPS) is 10.9. The Morgan fingerprint density at radius 2 is 2.05 bits per heavy atom. The lowest BCUT2D eigenvalue weighted by Crippen LogP contribution is -1.93. The molecule has 0 saturated heterocycles. The highest BCUT2D eigenvalue weighted by atomic mass is 79.9. The summed E-state index contributed by atoms with van der Waals surface area (Å²) in [6, 6.07) is 9.98. The van der Waals surface area contributed by atoms with E-state index in [4.69, 9.17) is 4.74 Å². The number of fused-ring (bicyclic) bond motifs is 1. The summed E-state index contributed by atoms with van der Waals surface area (Å²) in [5, 5.41) is 0. The average molecular weight is 332 g/mol. The lowest BCUT2D eigenvalue weighted by Gasteiger charge is -2.00. The molecule has 0 atom stereocenters. The number of H-pyrrole nitrogens is 1. The summed E-state index contributed by atoms with van der Waals surface area (Å²) < 4.78 is 6.43. The Kier molecular flexibility index (Phi) is 3.44. The van der Waals surface area contributed by atoms with Gasteiger partial charge in [0.25, 0.3) is 0 Å². The first-order valence-corrected chi connectivity index (χ1v) is 7.22. The fourth-order valence-corrected chi connectivity index (χ4v) is 2.72. The molecule has 3 aromatic rings. The molecule has 0 fully saturated rings. The Labute approximate surface area is 125 Å². The van der Waals surface area contributed by atoms with Gasteiger partial charge in [0.05, 0.1) is 12.1 Å². The maximum Gasteiger partial charge on any atom is 0.215 e. The molecule has 2 heterocycles. The Morgan fingerprint density at radius 1 is 1.20 bits per heavy atom. The molecular formula is C15H14BrN3O. The lowest BCUT2D eigenvalue weighted by molar-refractivity contribution is 0.328. The molecule has 0 amide bonds. The number of nitrogens with one attached hydrogen (secondary N) is 1. The van der Waals surface area contributed by atoms with Crippen LogP contribution < -0.4 is 4.74 Å². The van der Waals surface area contributed by atoms with Gasteiger partial charge in [-0.2, -0.15) is 4.98 Å². The van der Waals surface area contributed by atoms with Gasteiger partial charge in [0.15, 0.2) is 5.65 Å². The molecule has 3 rings (SSSR count). The fourth-order valence-electron chi connectivity index (χ4n) is 2.11. The van der Waals surface area contributed by atoms with E-state index in [0.29, 0.717) is 18.1 Å². The van der Waals surface area contributed by atoms with Gasteiger partial charge in [-0.15, -0.1) is 0 Å². The van der Waals surface area contributed by atoms with Crippen molar-refractivity contribution in [3.8, 4) is 17.3 Å². The topological polar surface area (TPSA) is 50.8 Å². The highest BCUT2D eigenvalue weighted by Gasteiger charge is 2.08. The molecule has 0 unspecified atom stereocenters. The monoisotopic (exact) mass is 331 g/mol. The van der Waals surface area contributed by atoms with Crippen LogP contribution in [0.3, 0.4) is 0 Å². The number of imidazole rings is 1. The maximum atomic E-state index is 5.39. The SMILES string of the molecule is CCOc1ccc2[nH]c(-c3cc(C)cc(Br)c3)nc2n1. The number of hydrogen-bond donors (Lipinski definition) is 1. The molecule has 102 valence electrons. The first-order chi connectivity index (χ1) is 9.65. The van der Waals surface area contributed by atoms with E-state index in [1.54, 1.807) is 0 Å². The minimum atomic E-state index is 0.598. The van der Waals surface area contributed by atoms with Gasteiger partial charge in [0, 0.05) is 16.1 Å². The number of pyridine rings is 1. The molecule has 4 nitrogen and oxygen atoms in total.